The van der Waals surface area contributed by atoms with E-state index in [1.165, 1.54) is 0 Å². The zero-order chi connectivity index (χ0) is 17.1. The van der Waals surface area contributed by atoms with Gasteiger partial charge in [-0.05, 0) is 37.3 Å². The highest BCUT2D eigenvalue weighted by Gasteiger charge is 2.14. The number of benzene rings is 2. The molecule has 2 N–H and O–H groups in total. The molecule has 0 spiro atoms. The minimum absolute atomic E-state index is 0.257. The molecule has 0 aliphatic carbocycles. The summed E-state index contributed by atoms with van der Waals surface area (Å²) < 4.78 is 1.76. The smallest absolute Gasteiger partial charge is 0.255 e. The third kappa shape index (κ3) is 2.83. The number of rotatable bonds is 4. The summed E-state index contributed by atoms with van der Waals surface area (Å²) in [6, 6.07) is 12.1. The third-order valence-electron chi connectivity index (χ3n) is 3.72. The molecule has 0 aliphatic rings. The first-order valence-electron chi connectivity index (χ1n) is 7.59. The quantitative estimate of drug-likeness (QED) is 0.769. The molecule has 0 saturated heterocycles. The molecule has 0 aliphatic heterocycles. The van der Waals surface area contributed by atoms with E-state index in [0.717, 1.165) is 5.52 Å². The van der Waals surface area contributed by atoms with Gasteiger partial charge in [0, 0.05) is 19.2 Å². The molecular formula is C17H17N5O2. The van der Waals surface area contributed by atoms with Gasteiger partial charge < -0.3 is 10.6 Å². The number of nitrogens with one attached hydrogen (secondary N) is 2. The van der Waals surface area contributed by atoms with E-state index in [9.17, 15) is 9.59 Å². The van der Waals surface area contributed by atoms with Crippen LogP contribution in [0.25, 0.3) is 11.0 Å². The maximum atomic E-state index is 12.5. The van der Waals surface area contributed by atoms with E-state index in [2.05, 4.69) is 20.9 Å². The Hall–Kier alpha value is -3.22. The van der Waals surface area contributed by atoms with Crippen LogP contribution in [-0.4, -0.2) is 33.9 Å². The predicted octanol–water partition coefficient (Wildman–Crippen LogP) is 2.06. The molecule has 0 bridgehead atoms. The lowest BCUT2D eigenvalue weighted by Crippen LogP contribution is -2.21. The summed E-state index contributed by atoms with van der Waals surface area (Å²) in [4.78, 5) is 24.4. The Balaban J connectivity index is 1.89. The first kappa shape index (κ1) is 15.7. The fourth-order valence-corrected chi connectivity index (χ4v) is 2.47. The molecule has 0 unspecified atom stereocenters. The van der Waals surface area contributed by atoms with E-state index < -0.39 is 0 Å². The van der Waals surface area contributed by atoms with Gasteiger partial charge in [-0.2, -0.15) is 0 Å². The summed E-state index contributed by atoms with van der Waals surface area (Å²) >= 11 is 0. The molecule has 7 nitrogen and oxygen atoms in total. The van der Waals surface area contributed by atoms with Gasteiger partial charge in [0.05, 0.1) is 16.8 Å². The second-order valence-corrected chi connectivity index (χ2v) is 5.19. The second-order valence-electron chi connectivity index (χ2n) is 5.19. The highest BCUT2D eigenvalue weighted by atomic mass is 16.2. The summed E-state index contributed by atoms with van der Waals surface area (Å²) in [5.74, 6) is -0.563. The Kier molecular flexibility index (Phi) is 4.24. The molecular weight excluding hydrogens is 306 g/mol. The number of fused-ring (bicyclic) bond motifs is 1. The Morgan fingerprint density at radius 2 is 1.92 bits per heavy atom. The Labute approximate surface area is 138 Å². The number of aryl methyl sites for hydroxylation is 1. The normalized spacial score (nSPS) is 10.6. The lowest BCUT2D eigenvalue weighted by Gasteiger charge is -2.10. The predicted molar refractivity (Wildman–Crippen MR) is 91.0 cm³/mol. The van der Waals surface area contributed by atoms with Crippen LogP contribution in [0.1, 0.15) is 27.6 Å². The molecule has 7 heteroatoms. The van der Waals surface area contributed by atoms with Gasteiger partial charge in [0.1, 0.15) is 5.52 Å². The van der Waals surface area contributed by atoms with Crippen molar-refractivity contribution in [1.82, 2.24) is 20.3 Å². The molecule has 2 amide bonds. The van der Waals surface area contributed by atoms with Crippen molar-refractivity contribution in [1.29, 1.82) is 0 Å². The van der Waals surface area contributed by atoms with Gasteiger partial charge in [-0.1, -0.05) is 17.3 Å². The van der Waals surface area contributed by atoms with Crippen molar-refractivity contribution >= 4 is 28.5 Å². The average molecular weight is 323 g/mol. The highest BCUT2D eigenvalue weighted by molar-refractivity contribution is 6.09. The van der Waals surface area contributed by atoms with Crippen molar-refractivity contribution in [3.8, 4) is 0 Å². The van der Waals surface area contributed by atoms with Crippen molar-refractivity contribution < 1.29 is 9.59 Å². The fourth-order valence-electron chi connectivity index (χ4n) is 2.47. The molecule has 3 rings (SSSR count). The Morgan fingerprint density at radius 1 is 1.12 bits per heavy atom. The first-order chi connectivity index (χ1) is 11.6. The first-order valence-corrected chi connectivity index (χ1v) is 7.59. The minimum Gasteiger partial charge on any atom is -0.355 e. The van der Waals surface area contributed by atoms with Crippen molar-refractivity contribution in [3.63, 3.8) is 0 Å². The standard InChI is InChI=1S/C17H17N5O2/c1-3-22-15-9-8-11(10-14(15)20-21-22)16(23)19-13-7-5-4-6-12(13)17(24)18-2/h4-10H,3H2,1-2H3,(H,18,24)(H,19,23). The summed E-state index contributed by atoms with van der Waals surface area (Å²) in [5, 5.41) is 13.4. The SMILES string of the molecule is CCn1nnc2cc(C(=O)Nc3ccccc3C(=O)NC)ccc21. The topological polar surface area (TPSA) is 88.9 Å². The number of amides is 2. The van der Waals surface area contributed by atoms with Gasteiger partial charge in [0.15, 0.2) is 0 Å². The molecule has 0 radical (unpaired) electrons. The average Bonchev–Trinajstić information content (AvgIpc) is 3.03. The van der Waals surface area contributed by atoms with Crippen LogP contribution < -0.4 is 10.6 Å². The van der Waals surface area contributed by atoms with Crippen LogP contribution >= 0.6 is 0 Å². The van der Waals surface area contributed by atoms with E-state index in [0.29, 0.717) is 28.9 Å². The molecule has 1 heterocycles. The van der Waals surface area contributed by atoms with Gasteiger partial charge in [-0.25, -0.2) is 4.68 Å². The van der Waals surface area contributed by atoms with Gasteiger partial charge in [0.25, 0.3) is 11.8 Å². The van der Waals surface area contributed by atoms with E-state index in [1.807, 2.05) is 13.0 Å². The van der Waals surface area contributed by atoms with Crippen molar-refractivity contribution in [3.05, 3.63) is 53.6 Å². The number of carbonyl (C=O) groups is 2. The molecule has 1 aromatic heterocycles. The van der Waals surface area contributed by atoms with Gasteiger partial charge in [0.2, 0.25) is 0 Å². The lowest BCUT2D eigenvalue weighted by atomic mass is 10.1. The fraction of sp³-hybridized carbons (Fsp3) is 0.176. The number of anilines is 1. The number of nitrogens with zero attached hydrogens (tertiary/aromatic N) is 3. The zero-order valence-electron chi connectivity index (χ0n) is 13.4. The Morgan fingerprint density at radius 3 is 2.67 bits per heavy atom. The number of carbonyl (C=O) groups excluding carboxylic acids is 2. The van der Waals surface area contributed by atoms with Crippen LogP contribution in [0, 0.1) is 0 Å². The van der Waals surface area contributed by atoms with Crippen LogP contribution in [0.2, 0.25) is 0 Å². The maximum Gasteiger partial charge on any atom is 0.255 e. The maximum absolute atomic E-state index is 12.5. The molecule has 0 fully saturated rings. The van der Waals surface area contributed by atoms with Crippen molar-refractivity contribution in [2.24, 2.45) is 0 Å². The largest absolute Gasteiger partial charge is 0.355 e. The van der Waals surface area contributed by atoms with E-state index in [4.69, 9.17) is 0 Å². The second kappa shape index (κ2) is 6.49. The number of hydrogen-bond donors (Lipinski definition) is 2. The third-order valence-corrected chi connectivity index (χ3v) is 3.72. The molecule has 0 saturated carbocycles. The monoisotopic (exact) mass is 323 g/mol. The highest BCUT2D eigenvalue weighted by Crippen LogP contribution is 2.18. The minimum atomic E-state index is -0.306. The van der Waals surface area contributed by atoms with Gasteiger partial charge in [-0.3, -0.25) is 9.59 Å². The summed E-state index contributed by atoms with van der Waals surface area (Å²) in [6.07, 6.45) is 0. The van der Waals surface area contributed by atoms with E-state index in [-0.39, 0.29) is 11.8 Å². The molecule has 3 aromatic rings. The summed E-state index contributed by atoms with van der Waals surface area (Å²) in [6.45, 7) is 2.69. The molecule has 122 valence electrons. The van der Waals surface area contributed by atoms with Crippen molar-refractivity contribution in [2.75, 3.05) is 12.4 Å². The molecule has 2 aromatic carbocycles. The van der Waals surface area contributed by atoms with Crippen LogP contribution in [0.5, 0.6) is 0 Å². The van der Waals surface area contributed by atoms with E-state index >= 15 is 0 Å². The molecule has 0 atom stereocenters. The molecule has 24 heavy (non-hydrogen) atoms. The van der Waals surface area contributed by atoms with Crippen LogP contribution in [0.4, 0.5) is 5.69 Å². The summed E-state index contributed by atoms with van der Waals surface area (Å²) in [5.41, 5.74) is 2.85. The van der Waals surface area contributed by atoms with Gasteiger partial charge >= 0.3 is 0 Å². The van der Waals surface area contributed by atoms with Crippen LogP contribution in [-0.2, 0) is 6.54 Å². The zero-order valence-corrected chi connectivity index (χ0v) is 13.4. The number of para-hydroxylation sites is 1. The Bertz CT molecular complexity index is 916. The van der Waals surface area contributed by atoms with Crippen LogP contribution in [0.3, 0.4) is 0 Å². The van der Waals surface area contributed by atoms with Crippen molar-refractivity contribution in [2.45, 2.75) is 13.5 Å². The summed E-state index contributed by atoms with van der Waals surface area (Å²) in [7, 11) is 1.55. The lowest BCUT2D eigenvalue weighted by molar-refractivity contribution is 0.0964. The number of aromatic nitrogens is 3. The van der Waals surface area contributed by atoms with E-state index in [1.54, 1.807) is 48.1 Å². The van der Waals surface area contributed by atoms with Gasteiger partial charge in [-0.15, -0.1) is 5.10 Å². The number of hydrogen-bond acceptors (Lipinski definition) is 4. The van der Waals surface area contributed by atoms with Crippen LogP contribution in [0.15, 0.2) is 42.5 Å².